The van der Waals surface area contributed by atoms with Crippen molar-refractivity contribution in [1.29, 1.82) is 0 Å². The van der Waals surface area contributed by atoms with Gasteiger partial charge in [-0.15, -0.1) is 0 Å². The fourth-order valence-corrected chi connectivity index (χ4v) is 5.72. The van der Waals surface area contributed by atoms with E-state index in [1.54, 1.807) is 11.0 Å². The van der Waals surface area contributed by atoms with E-state index in [1.807, 2.05) is 61.5 Å². The topological polar surface area (TPSA) is 79.3 Å². The third-order valence-electron chi connectivity index (χ3n) is 7.59. The molecule has 2 atom stereocenters. The smallest absolute Gasteiger partial charge is 0.295 e. The molecule has 3 aliphatic rings. The maximum absolute atomic E-state index is 13.5. The van der Waals surface area contributed by atoms with Crippen molar-refractivity contribution in [1.82, 2.24) is 9.80 Å². The largest absolute Gasteiger partial charge is 0.507 e. The van der Waals surface area contributed by atoms with Crippen molar-refractivity contribution in [2.45, 2.75) is 25.5 Å². The molecule has 7 nitrogen and oxygen atoms in total. The van der Waals surface area contributed by atoms with Crippen LogP contribution in [0, 0.1) is 0 Å². The average molecular weight is 499 g/mol. The lowest BCUT2D eigenvalue weighted by molar-refractivity contribution is -0.140. The molecule has 0 unspecified atom stereocenters. The third-order valence-corrected chi connectivity index (χ3v) is 7.59. The zero-order valence-corrected chi connectivity index (χ0v) is 20.9. The van der Waals surface area contributed by atoms with E-state index in [2.05, 4.69) is 4.90 Å². The molecular weight excluding hydrogens is 468 g/mol. The van der Waals surface area contributed by atoms with Crippen molar-refractivity contribution in [2.75, 3.05) is 39.4 Å². The summed E-state index contributed by atoms with van der Waals surface area (Å²) in [6, 6.07) is 18.6. The molecule has 0 aromatic heterocycles. The lowest BCUT2D eigenvalue weighted by Gasteiger charge is -2.31. The lowest BCUT2D eigenvalue weighted by atomic mass is 9.91. The van der Waals surface area contributed by atoms with Gasteiger partial charge in [-0.25, -0.2) is 0 Å². The van der Waals surface area contributed by atoms with E-state index in [0.717, 1.165) is 47.2 Å². The van der Waals surface area contributed by atoms with Crippen molar-refractivity contribution in [3.8, 4) is 5.75 Å². The van der Waals surface area contributed by atoms with Crippen molar-refractivity contribution < 1.29 is 24.2 Å². The van der Waals surface area contributed by atoms with Gasteiger partial charge in [0.25, 0.3) is 11.7 Å². The number of hydrogen-bond donors (Lipinski definition) is 1. The van der Waals surface area contributed by atoms with Gasteiger partial charge in [-0.3, -0.25) is 14.5 Å². The molecule has 37 heavy (non-hydrogen) atoms. The van der Waals surface area contributed by atoms with Crippen LogP contribution in [-0.2, 0) is 20.7 Å². The zero-order valence-electron chi connectivity index (χ0n) is 20.9. The number of hydrogen-bond acceptors (Lipinski definition) is 6. The van der Waals surface area contributed by atoms with E-state index < -0.39 is 17.7 Å². The van der Waals surface area contributed by atoms with E-state index >= 15 is 0 Å². The molecule has 2 fully saturated rings. The Hall–Kier alpha value is -3.68. The highest BCUT2D eigenvalue weighted by Crippen LogP contribution is 2.42. The number of Topliss-reactive ketones (excluding diaryl/α,β-unsaturated/α-hetero) is 1. The summed E-state index contributed by atoms with van der Waals surface area (Å²) < 4.78 is 11.3. The molecule has 0 aliphatic carbocycles. The van der Waals surface area contributed by atoms with Gasteiger partial charge in [-0.2, -0.15) is 0 Å². The van der Waals surface area contributed by atoms with Crippen LogP contribution in [0.3, 0.4) is 0 Å². The number of carbonyl (C=O) groups excluding carboxylic acids is 2. The van der Waals surface area contributed by atoms with E-state index in [9.17, 15) is 14.7 Å². The number of aliphatic hydroxyl groups excluding tert-OH is 1. The molecule has 3 aliphatic heterocycles. The number of likely N-dealkylation sites (tertiary alicyclic amines) is 1. The highest BCUT2D eigenvalue weighted by molar-refractivity contribution is 6.46. The molecule has 7 heteroatoms. The van der Waals surface area contributed by atoms with Crippen LogP contribution < -0.4 is 4.74 Å². The second kappa shape index (κ2) is 9.65. The predicted molar refractivity (Wildman–Crippen MR) is 140 cm³/mol. The number of morpholine rings is 1. The SMILES string of the molecule is C[C@H]1Cc2cc(C(O)=C3C(=O)C(=O)N(CCN4CCOCC4)[C@H]3c3cccc4ccccc34)ccc2O1. The minimum Gasteiger partial charge on any atom is -0.507 e. The molecular formula is C30H30N2O5. The van der Waals surface area contributed by atoms with Crippen LogP contribution in [0.4, 0.5) is 0 Å². The normalized spacial score (nSPS) is 23.4. The number of amides is 1. The van der Waals surface area contributed by atoms with Crippen LogP contribution in [0.2, 0.25) is 0 Å². The van der Waals surface area contributed by atoms with Crippen LogP contribution in [-0.4, -0.2) is 72.1 Å². The number of fused-ring (bicyclic) bond motifs is 2. The van der Waals surface area contributed by atoms with Gasteiger partial charge in [-0.05, 0) is 47.0 Å². The summed E-state index contributed by atoms with van der Waals surface area (Å²) in [5.41, 5.74) is 2.47. The van der Waals surface area contributed by atoms with Crippen molar-refractivity contribution in [3.63, 3.8) is 0 Å². The van der Waals surface area contributed by atoms with Gasteiger partial charge in [-0.1, -0.05) is 42.5 Å². The molecule has 0 bridgehead atoms. The van der Waals surface area contributed by atoms with Crippen LogP contribution in [0.5, 0.6) is 5.75 Å². The Balaban J connectivity index is 1.46. The van der Waals surface area contributed by atoms with Crippen molar-refractivity contribution in [3.05, 3.63) is 82.9 Å². The van der Waals surface area contributed by atoms with E-state index in [4.69, 9.17) is 9.47 Å². The first-order valence-corrected chi connectivity index (χ1v) is 12.9. The van der Waals surface area contributed by atoms with Crippen LogP contribution in [0.15, 0.2) is 66.2 Å². The number of ether oxygens (including phenoxy) is 2. The van der Waals surface area contributed by atoms with Gasteiger partial charge >= 0.3 is 0 Å². The van der Waals surface area contributed by atoms with Crippen molar-refractivity contribution in [2.24, 2.45) is 0 Å². The fraction of sp³-hybridized carbons (Fsp3) is 0.333. The molecule has 0 saturated carbocycles. The molecule has 0 spiro atoms. The molecule has 1 amide bonds. The predicted octanol–water partition coefficient (Wildman–Crippen LogP) is 3.92. The molecule has 3 aromatic rings. The molecule has 2 saturated heterocycles. The van der Waals surface area contributed by atoms with Gasteiger partial charge in [0.15, 0.2) is 0 Å². The van der Waals surface area contributed by atoms with Gasteiger partial charge in [0.2, 0.25) is 0 Å². The van der Waals surface area contributed by atoms with Crippen LogP contribution >= 0.6 is 0 Å². The first kappa shape index (κ1) is 23.7. The molecule has 3 heterocycles. The Morgan fingerprint density at radius 3 is 2.62 bits per heavy atom. The Morgan fingerprint density at radius 1 is 1.00 bits per heavy atom. The number of aliphatic hydroxyl groups is 1. The summed E-state index contributed by atoms with van der Waals surface area (Å²) in [5.74, 6) is -0.582. The standard InChI is InChI=1S/C30H30N2O5/c1-19-17-22-18-21(9-10-25(22)37-19)28(33)26-27(24-8-4-6-20-5-2-3-7-23(20)24)32(30(35)29(26)34)12-11-31-13-15-36-16-14-31/h2-10,18-19,27,33H,11-17H2,1H3/t19-,27-/m0/s1. The first-order chi connectivity index (χ1) is 18.0. The summed E-state index contributed by atoms with van der Waals surface area (Å²) in [7, 11) is 0. The second-order valence-electron chi connectivity index (χ2n) is 9.97. The van der Waals surface area contributed by atoms with E-state index in [1.165, 1.54) is 0 Å². The van der Waals surface area contributed by atoms with Gasteiger partial charge in [0.05, 0.1) is 24.8 Å². The Bertz CT molecular complexity index is 1400. The summed E-state index contributed by atoms with van der Waals surface area (Å²) in [4.78, 5) is 30.8. The summed E-state index contributed by atoms with van der Waals surface area (Å²) in [6.45, 7) is 5.91. The average Bonchev–Trinajstić information content (AvgIpc) is 3.42. The number of rotatable bonds is 5. The maximum Gasteiger partial charge on any atom is 0.295 e. The molecule has 3 aromatic carbocycles. The number of nitrogens with zero attached hydrogens (tertiary/aromatic N) is 2. The summed E-state index contributed by atoms with van der Waals surface area (Å²) >= 11 is 0. The molecule has 190 valence electrons. The summed E-state index contributed by atoms with van der Waals surface area (Å²) in [5, 5.41) is 13.5. The molecule has 6 rings (SSSR count). The maximum atomic E-state index is 13.5. The first-order valence-electron chi connectivity index (χ1n) is 12.9. The lowest BCUT2D eigenvalue weighted by Crippen LogP contribution is -2.42. The zero-order chi connectivity index (χ0) is 25.5. The highest BCUT2D eigenvalue weighted by Gasteiger charge is 2.46. The minimum absolute atomic E-state index is 0.0637. The number of ketones is 1. The second-order valence-corrected chi connectivity index (χ2v) is 9.97. The highest BCUT2D eigenvalue weighted by atomic mass is 16.5. The monoisotopic (exact) mass is 498 g/mol. The van der Waals surface area contributed by atoms with Gasteiger partial charge < -0.3 is 19.5 Å². The van der Waals surface area contributed by atoms with E-state index in [-0.39, 0.29) is 17.4 Å². The van der Waals surface area contributed by atoms with Gasteiger partial charge in [0.1, 0.15) is 17.6 Å². The number of carbonyl (C=O) groups is 2. The van der Waals surface area contributed by atoms with Crippen LogP contribution in [0.1, 0.15) is 29.7 Å². The molecule has 1 N–H and O–H groups in total. The quantitative estimate of drug-likeness (QED) is 0.326. The Morgan fingerprint density at radius 2 is 1.78 bits per heavy atom. The number of benzene rings is 3. The summed E-state index contributed by atoms with van der Waals surface area (Å²) in [6.07, 6.45) is 0.797. The van der Waals surface area contributed by atoms with Crippen molar-refractivity contribution >= 4 is 28.2 Å². The van der Waals surface area contributed by atoms with E-state index in [0.29, 0.717) is 31.9 Å². The third kappa shape index (κ3) is 4.28. The fourth-order valence-electron chi connectivity index (χ4n) is 5.72. The van der Waals surface area contributed by atoms with Crippen LogP contribution in [0.25, 0.3) is 16.5 Å². The minimum atomic E-state index is -0.685. The Kier molecular flexibility index (Phi) is 6.18. The molecule has 0 radical (unpaired) electrons. The Labute approximate surface area is 215 Å². The van der Waals surface area contributed by atoms with Gasteiger partial charge in [0, 0.05) is 38.2 Å².